The van der Waals surface area contributed by atoms with E-state index < -0.39 is 0 Å². The molecule has 0 saturated heterocycles. The zero-order valence-corrected chi connectivity index (χ0v) is 11.5. The van der Waals surface area contributed by atoms with Crippen LogP contribution in [0.25, 0.3) is 10.9 Å². The van der Waals surface area contributed by atoms with Crippen molar-refractivity contribution in [2.24, 2.45) is 7.05 Å². The Balaban J connectivity index is 2.01. The molecule has 6 heteroatoms. The van der Waals surface area contributed by atoms with Crippen molar-refractivity contribution < 1.29 is 9.53 Å². The fourth-order valence-corrected chi connectivity index (χ4v) is 1.97. The van der Waals surface area contributed by atoms with Crippen LogP contribution in [0, 0.1) is 0 Å². The van der Waals surface area contributed by atoms with Crippen LogP contribution in [0.3, 0.4) is 0 Å². The molecule has 0 spiro atoms. The molecule has 19 heavy (non-hydrogen) atoms. The highest BCUT2D eigenvalue weighted by Gasteiger charge is 2.14. The lowest BCUT2D eigenvalue weighted by molar-refractivity contribution is 0.0919. The second-order valence-corrected chi connectivity index (χ2v) is 4.42. The van der Waals surface area contributed by atoms with Crippen molar-refractivity contribution in [3.8, 4) is 0 Å². The largest absolute Gasteiger partial charge is 0.378 e. The van der Waals surface area contributed by atoms with E-state index in [1.807, 2.05) is 31.3 Å². The zero-order valence-electron chi connectivity index (χ0n) is 10.7. The van der Waals surface area contributed by atoms with Gasteiger partial charge in [0.25, 0.3) is 5.91 Å². The van der Waals surface area contributed by atoms with E-state index in [9.17, 15) is 4.79 Å². The van der Waals surface area contributed by atoms with Crippen LogP contribution in [0.1, 0.15) is 10.5 Å². The molecular formula is C13H16ClN3O2. The minimum Gasteiger partial charge on any atom is -0.378 e. The number of ether oxygens (including phenoxy) is 1. The minimum absolute atomic E-state index is 0.189. The summed E-state index contributed by atoms with van der Waals surface area (Å²) in [6, 6.07) is 7.64. The molecule has 0 unspecified atom stereocenters. The SMILES string of the molecule is Cn1nc(C(=O)NCCOCCCl)c2ccccc21. The molecule has 0 aliphatic rings. The first kappa shape index (κ1) is 13.8. The number of para-hydroxylation sites is 1. The number of rotatable bonds is 6. The third-order valence-corrected chi connectivity index (χ3v) is 2.88. The lowest BCUT2D eigenvalue weighted by atomic mass is 10.2. The van der Waals surface area contributed by atoms with E-state index in [2.05, 4.69) is 10.4 Å². The molecule has 1 aromatic carbocycles. The van der Waals surface area contributed by atoms with Crippen LogP contribution < -0.4 is 5.32 Å². The van der Waals surface area contributed by atoms with E-state index >= 15 is 0 Å². The summed E-state index contributed by atoms with van der Waals surface area (Å²) in [7, 11) is 1.82. The minimum atomic E-state index is -0.189. The van der Waals surface area contributed by atoms with Crippen LogP contribution >= 0.6 is 11.6 Å². The summed E-state index contributed by atoms with van der Waals surface area (Å²) in [6.45, 7) is 1.38. The van der Waals surface area contributed by atoms with Gasteiger partial charge in [0.2, 0.25) is 0 Å². The Morgan fingerprint density at radius 3 is 3.00 bits per heavy atom. The van der Waals surface area contributed by atoms with Crippen LogP contribution in [0.5, 0.6) is 0 Å². The van der Waals surface area contributed by atoms with Gasteiger partial charge in [-0.25, -0.2) is 0 Å². The number of halogens is 1. The van der Waals surface area contributed by atoms with Crippen molar-refractivity contribution in [2.45, 2.75) is 0 Å². The Morgan fingerprint density at radius 1 is 1.42 bits per heavy atom. The monoisotopic (exact) mass is 281 g/mol. The van der Waals surface area contributed by atoms with E-state index in [-0.39, 0.29) is 5.91 Å². The number of carbonyl (C=O) groups is 1. The molecule has 102 valence electrons. The molecule has 2 rings (SSSR count). The van der Waals surface area contributed by atoms with Crippen LogP contribution in [0.4, 0.5) is 0 Å². The van der Waals surface area contributed by atoms with E-state index in [1.54, 1.807) is 4.68 Å². The first-order chi connectivity index (χ1) is 9.24. The maximum Gasteiger partial charge on any atom is 0.272 e. The second-order valence-electron chi connectivity index (χ2n) is 4.05. The molecule has 5 nitrogen and oxygen atoms in total. The summed E-state index contributed by atoms with van der Waals surface area (Å²) in [5.41, 5.74) is 1.38. The molecule has 0 aliphatic carbocycles. The molecule has 2 aromatic rings. The zero-order chi connectivity index (χ0) is 13.7. The molecule has 0 bridgehead atoms. The summed E-state index contributed by atoms with van der Waals surface area (Å²) in [4.78, 5) is 12.0. The van der Waals surface area contributed by atoms with Crippen LogP contribution in [0.15, 0.2) is 24.3 Å². The number of carbonyl (C=O) groups excluding carboxylic acids is 1. The van der Waals surface area contributed by atoms with Gasteiger partial charge in [-0.05, 0) is 6.07 Å². The topological polar surface area (TPSA) is 56.2 Å². The van der Waals surface area contributed by atoms with Crippen molar-refractivity contribution in [1.82, 2.24) is 15.1 Å². The number of aromatic nitrogens is 2. The van der Waals surface area contributed by atoms with Gasteiger partial charge in [-0.15, -0.1) is 11.6 Å². The number of alkyl halides is 1. The Bertz CT molecular complexity index is 568. The number of hydrogen-bond donors (Lipinski definition) is 1. The smallest absolute Gasteiger partial charge is 0.272 e. The van der Waals surface area contributed by atoms with Crippen LogP contribution in [-0.4, -0.2) is 41.3 Å². The molecule has 1 aromatic heterocycles. The fourth-order valence-electron chi connectivity index (χ4n) is 1.86. The van der Waals surface area contributed by atoms with Gasteiger partial charge < -0.3 is 10.1 Å². The fraction of sp³-hybridized carbons (Fsp3) is 0.385. The number of amides is 1. The number of nitrogens with zero attached hydrogens (tertiary/aromatic N) is 2. The molecule has 0 radical (unpaired) electrons. The predicted octanol–water partition coefficient (Wildman–Crippen LogP) is 1.56. The first-order valence-electron chi connectivity index (χ1n) is 6.07. The lowest BCUT2D eigenvalue weighted by Crippen LogP contribution is -2.28. The van der Waals surface area contributed by atoms with E-state index in [4.69, 9.17) is 16.3 Å². The summed E-state index contributed by atoms with van der Waals surface area (Å²) in [6.07, 6.45) is 0. The number of nitrogens with one attached hydrogen (secondary N) is 1. The predicted molar refractivity (Wildman–Crippen MR) is 74.6 cm³/mol. The third-order valence-electron chi connectivity index (χ3n) is 2.73. The first-order valence-corrected chi connectivity index (χ1v) is 6.61. The lowest BCUT2D eigenvalue weighted by Gasteiger charge is -2.03. The van der Waals surface area contributed by atoms with Gasteiger partial charge >= 0.3 is 0 Å². The molecule has 1 amide bonds. The van der Waals surface area contributed by atoms with Gasteiger partial charge in [0.15, 0.2) is 5.69 Å². The van der Waals surface area contributed by atoms with Crippen molar-refractivity contribution in [3.05, 3.63) is 30.0 Å². The van der Waals surface area contributed by atoms with Gasteiger partial charge in [0.1, 0.15) is 0 Å². The van der Waals surface area contributed by atoms with Crippen molar-refractivity contribution >= 4 is 28.4 Å². The number of benzene rings is 1. The number of fused-ring (bicyclic) bond motifs is 1. The van der Waals surface area contributed by atoms with Gasteiger partial charge in [-0.1, -0.05) is 18.2 Å². The van der Waals surface area contributed by atoms with Gasteiger partial charge in [0, 0.05) is 24.9 Å². The standard InChI is InChI=1S/C13H16ClN3O2/c1-17-11-5-3-2-4-10(11)12(16-17)13(18)15-7-9-19-8-6-14/h2-5H,6-9H2,1H3,(H,15,18). The molecule has 1 heterocycles. The molecule has 0 fully saturated rings. The summed E-state index contributed by atoms with van der Waals surface area (Å²) < 4.78 is 6.89. The Morgan fingerprint density at radius 2 is 2.21 bits per heavy atom. The van der Waals surface area contributed by atoms with E-state index in [1.165, 1.54) is 0 Å². The molecular weight excluding hydrogens is 266 g/mol. The highest BCUT2D eigenvalue weighted by molar-refractivity contribution is 6.17. The Kier molecular flexibility index (Phi) is 4.76. The molecule has 0 aliphatic heterocycles. The quantitative estimate of drug-likeness (QED) is 0.646. The molecule has 0 saturated carbocycles. The van der Waals surface area contributed by atoms with Crippen molar-refractivity contribution in [2.75, 3.05) is 25.6 Å². The van der Waals surface area contributed by atoms with Crippen molar-refractivity contribution in [3.63, 3.8) is 0 Å². The van der Waals surface area contributed by atoms with Crippen molar-refractivity contribution in [1.29, 1.82) is 0 Å². The molecule has 0 atom stereocenters. The van der Waals surface area contributed by atoms with Gasteiger partial charge in [-0.3, -0.25) is 9.48 Å². The second kappa shape index (κ2) is 6.54. The maximum atomic E-state index is 12.0. The Labute approximate surface area is 116 Å². The number of aryl methyl sites for hydroxylation is 1. The maximum absolute atomic E-state index is 12.0. The van der Waals surface area contributed by atoms with E-state index in [0.29, 0.717) is 31.3 Å². The number of hydrogen-bond acceptors (Lipinski definition) is 3. The average Bonchev–Trinajstić information content (AvgIpc) is 2.76. The van der Waals surface area contributed by atoms with Crippen LogP contribution in [-0.2, 0) is 11.8 Å². The summed E-state index contributed by atoms with van der Waals surface area (Å²) in [5.74, 6) is 0.269. The normalized spacial score (nSPS) is 10.8. The Hall–Kier alpha value is -1.59. The van der Waals surface area contributed by atoms with E-state index in [0.717, 1.165) is 10.9 Å². The summed E-state index contributed by atoms with van der Waals surface area (Å²) in [5, 5.41) is 7.88. The van der Waals surface area contributed by atoms with Gasteiger partial charge in [-0.2, -0.15) is 5.10 Å². The average molecular weight is 282 g/mol. The molecule has 1 N–H and O–H groups in total. The van der Waals surface area contributed by atoms with Gasteiger partial charge in [0.05, 0.1) is 18.7 Å². The van der Waals surface area contributed by atoms with Crippen LogP contribution in [0.2, 0.25) is 0 Å². The third kappa shape index (κ3) is 3.24. The highest BCUT2D eigenvalue weighted by Crippen LogP contribution is 2.16. The summed E-state index contributed by atoms with van der Waals surface area (Å²) >= 11 is 5.48. The highest BCUT2D eigenvalue weighted by atomic mass is 35.5.